The molecule has 3 saturated carbocycles. The number of rotatable bonds is 6. The molecule has 4 aliphatic rings. The van der Waals surface area contributed by atoms with Gasteiger partial charge in [0.05, 0.1) is 6.10 Å². The maximum Gasteiger partial charge on any atom is 0.306 e. The second-order valence-corrected chi connectivity index (χ2v) is 11.3. The van der Waals surface area contributed by atoms with Crippen molar-refractivity contribution in [1.29, 1.82) is 0 Å². The number of halogens is 1. The number of aliphatic hydroxyl groups is 1. The summed E-state index contributed by atoms with van der Waals surface area (Å²) in [6.07, 6.45) is 7.33. The van der Waals surface area contributed by atoms with E-state index in [1.54, 1.807) is 13.0 Å². The molecule has 5 nitrogen and oxygen atoms in total. The summed E-state index contributed by atoms with van der Waals surface area (Å²) >= 11 is 0. The third-order valence-corrected chi connectivity index (χ3v) is 9.44. The zero-order valence-electron chi connectivity index (χ0n) is 20.2. The summed E-state index contributed by atoms with van der Waals surface area (Å²) in [7, 11) is 0. The van der Waals surface area contributed by atoms with Crippen LogP contribution in [0.25, 0.3) is 0 Å². The molecule has 0 saturated heterocycles. The van der Waals surface area contributed by atoms with Gasteiger partial charge in [0.2, 0.25) is 0 Å². The topological polar surface area (TPSA) is 80.7 Å². The smallest absolute Gasteiger partial charge is 0.306 e. The van der Waals surface area contributed by atoms with E-state index in [1.807, 2.05) is 20.8 Å². The fourth-order valence-corrected chi connectivity index (χ4v) is 7.90. The van der Waals surface area contributed by atoms with Gasteiger partial charge in [-0.25, -0.2) is 4.39 Å². The summed E-state index contributed by atoms with van der Waals surface area (Å²) in [5.74, 6) is -1.44. The number of aliphatic hydroxyl groups excluding tert-OH is 1. The zero-order valence-corrected chi connectivity index (χ0v) is 20.2. The van der Waals surface area contributed by atoms with Crippen LogP contribution in [0.3, 0.4) is 0 Å². The molecule has 4 rings (SSSR count). The minimum absolute atomic E-state index is 0.0182. The van der Waals surface area contributed by atoms with Gasteiger partial charge in [0.15, 0.2) is 17.2 Å². The number of hydrogen-bond acceptors (Lipinski definition) is 5. The summed E-state index contributed by atoms with van der Waals surface area (Å²) < 4.78 is 22.4. The van der Waals surface area contributed by atoms with Gasteiger partial charge in [-0.05, 0) is 68.4 Å². The van der Waals surface area contributed by atoms with E-state index in [9.17, 15) is 19.5 Å². The first-order valence-electron chi connectivity index (χ1n) is 12.5. The number of carbonyl (C=O) groups is 3. The molecule has 33 heavy (non-hydrogen) atoms. The Morgan fingerprint density at radius 3 is 2.70 bits per heavy atom. The monoisotopic (exact) mass is 460 g/mol. The molecule has 182 valence electrons. The molecule has 0 aliphatic heterocycles. The van der Waals surface area contributed by atoms with Crippen LogP contribution in [0.2, 0.25) is 0 Å². The lowest BCUT2D eigenvalue weighted by atomic mass is 9.45. The molecule has 0 heterocycles. The van der Waals surface area contributed by atoms with E-state index in [-0.39, 0.29) is 48.3 Å². The average Bonchev–Trinajstić information content (AvgIpc) is 3.02. The van der Waals surface area contributed by atoms with Crippen molar-refractivity contribution in [3.63, 3.8) is 0 Å². The molecular weight excluding hydrogens is 423 g/mol. The number of ketones is 2. The van der Waals surface area contributed by atoms with Gasteiger partial charge in [-0.3, -0.25) is 14.4 Å². The number of hydrogen-bond donors (Lipinski definition) is 1. The van der Waals surface area contributed by atoms with Crippen molar-refractivity contribution in [2.45, 2.75) is 84.4 Å². The molecule has 0 bridgehead atoms. The van der Waals surface area contributed by atoms with E-state index in [4.69, 9.17) is 4.74 Å². The van der Waals surface area contributed by atoms with Crippen molar-refractivity contribution in [3.8, 4) is 0 Å². The summed E-state index contributed by atoms with van der Waals surface area (Å²) in [5.41, 5.74) is -2.71. The number of ether oxygens (including phenoxy) is 1. The van der Waals surface area contributed by atoms with Gasteiger partial charge >= 0.3 is 5.97 Å². The highest BCUT2D eigenvalue weighted by atomic mass is 19.1. The molecule has 4 aliphatic carbocycles. The SMILES string of the molecule is CCCCC(=O)OCC(=O)[C@H]1[C@H](C)C[C@H]2[C@@H]3CCC4=CC(=O)C=C[C@]4(C)[C@@]3(F)[C@@H](O)C[C@@]21C. The molecule has 0 aromatic carbocycles. The van der Waals surface area contributed by atoms with Gasteiger partial charge in [0, 0.05) is 23.7 Å². The fraction of sp³-hybridized carbons (Fsp3) is 0.741. The van der Waals surface area contributed by atoms with E-state index >= 15 is 4.39 Å². The Balaban J connectivity index is 1.60. The average molecular weight is 461 g/mol. The maximum atomic E-state index is 17.1. The number of allylic oxidation sites excluding steroid dienone is 4. The van der Waals surface area contributed by atoms with Crippen LogP contribution in [0.5, 0.6) is 0 Å². The van der Waals surface area contributed by atoms with Crippen molar-refractivity contribution in [3.05, 3.63) is 23.8 Å². The molecule has 0 spiro atoms. The lowest BCUT2D eigenvalue weighted by molar-refractivity contribution is -0.196. The third-order valence-electron chi connectivity index (χ3n) is 9.44. The molecule has 8 atom stereocenters. The summed E-state index contributed by atoms with van der Waals surface area (Å²) in [6, 6.07) is 0. The van der Waals surface area contributed by atoms with E-state index in [0.29, 0.717) is 25.7 Å². The van der Waals surface area contributed by atoms with Crippen molar-refractivity contribution < 1.29 is 28.6 Å². The van der Waals surface area contributed by atoms with Gasteiger partial charge in [0.1, 0.15) is 6.61 Å². The molecule has 3 fully saturated rings. The summed E-state index contributed by atoms with van der Waals surface area (Å²) in [6.45, 7) is 7.57. The minimum atomic E-state index is -1.89. The molecule has 0 unspecified atom stereocenters. The molecule has 6 heteroatoms. The summed E-state index contributed by atoms with van der Waals surface area (Å²) in [5, 5.41) is 11.3. The largest absolute Gasteiger partial charge is 0.458 e. The second kappa shape index (κ2) is 8.44. The molecule has 0 amide bonds. The number of esters is 1. The molecule has 0 radical (unpaired) electrons. The predicted octanol–water partition coefficient (Wildman–Crippen LogP) is 4.52. The van der Waals surface area contributed by atoms with Crippen LogP contribution in [-0.4, -0.2) is 41.0 Å². The Hall–Kier alpha value is -1.82. The zero-order chi connectivity index (χ0) is 24.2. The van der Waals surface area contributed by atoms with Gasteiger partial charge in [-0.1, -0.05) is 38.8 Å². The quantitative estimate of drug-likeness (QED) is 0.590. The lowest BCUT2D eigenvalue weighted by Crippen LogP contribution is -2.66. The van der Waals surface area contributed by atoms with Crippen LogP contribution >= 0.6 is 0 Å². The Morgan fingerprint density at radius 1 is 1.27 bits per heavy atom. The van der Waals surface area contributed by atoms with Crippen molar-refractivity contribution in [2.24, 2.45) is 34.5 Å². The first-order valence-corrected chi connectivity index (χ1v) is 12.5. The van der Waals surface area contributed by atoms with Crippen molar-refractivity contribution in [2.75, 3.05) is 6.61 Å². The third kappa shape index (κ3) is 3.55. The molecular formula is C27H37FO5. The van der Waals surface area contributed by atoms with E-state index in [0.717, 1.165) is 18.4 Å². The Bertz CT molecular complexity index is 908. The Labute approximate surface area is 195 Å². The number of unbranched alkanes of at least 4 members (excludes halogenated alkanes) is 1. The maximum absolute atomic E-state index is 17.1. The van der Waals surface area contributed by atoms with Crippen LogP contribution < -0.4 is 0 Å². The van der Waals surface area contributed by atoms with Crippen LogP contribution in [0.15, 0.2) is 23.8 Å². The standard InChI is InChI=1S/C27H37FO5/c1-5-6-7-23(32)33-15-21(30)24-16(2)12-20-19-9-8-17-13-18(29)10-11-26(17,4)27(19,28)22(31)14-25(20,24)3/h10-11,13,16,19-20,22,24,31H,5-9,12,14-15H2,1-4H3/t16-,19+,20+,22+,24-,25+,26+,27+/m1/s1. The van der Waals surface area contributed by atoms with Gasteiger partial charge < -0.3 is 9.84 Å². The normalized spacial score (nSPS) is 43.9. The minimum Gasteiger partial charge on any atom is -0.458 e. The summed E-state index contributed by atoms with van der Waals surface area (Å²) in [4.78, 5) is 37.1. The van der Waals surface area contributed by atoms with Crippen LogP contribution in [0.4, 0.5) is 4.39 Å². The highest BCUT2D eigenvalue weighted by molar-refractivity contribution is 6.01. The lowest BCUT2D eigenvalue weighted by Gasteiger charge is -2.61. The van der Waals surface area contributed by atoms with Crippen molar-refractivity contribution in [1.82, 2.24) is 0 Å². The fourth-order valence-electron chi connectivity index (χ4n) is 7.90. The number of fused-ring (bicyclic) bond motifs is 5. The molecule has 1 N–H and O–H groups in total. The van der Waals surface area contributed by atoms with Crippen molar-refractivity contribution >= 4 is 17.5 Å². The number of Topliss-reactive ketones (excluding diaryl/α,β-unsaturated/α-hetero) is 1. The first kappa shape index (κ1) is 24.3. The second-order valence-electron chi connectivity index (χ2n) is 11.3. The van der Waals surface area contributed by atoms with Crippen LogP contribution in [0.1, 0.15) is 72.6 Å². The Kier molecular flexibility index (Phi) is 6.22. The molecule has 0 aromatic rings. The number of alkyl halides is 1. The van der Waals surface area contributed by atoms with Gasteiger partial charge in [-0.2, -0.15) is 0 Å². The Morgan fingerprint density at radius 2 is 2.00 bits per heavy atom. The molecule has 0 aromatic heterocycles. The van der Waals surface area contributed by atoms with Crippen LogP contribution in [-0.2, 0) is 19.1 Å². The van der Waals surface area contributed by atoms with Gasteiger partial charge in [0.25, 0.3) is 0 Å². The van der Waals surface area contributed by atoms with E-state index in [2.05, 4.69) is 0 Å². The highest BCUT2D eigenvalue weighted by Gasteiger charge is 2.71. The predicted molar refractivity (Wildman–Crippen MR) is 122 cm³/mol. The van der Waals surface area contributed by atoms with E-state index < -0.39 is 28.5 Å². The van der Waals surface area contributed by atoms with E-state index in [1.165, 1.54) is 12.2 Å². The highest BCUT2D eigenvalue weighted by Crippen LogP contribution is 2.69. The van der Waals surface area contributed by atoms with Gasteiger partial charge in [-0.15, -0.1) is 0 Å². The first-order chi connectivity index (χ1) is 15.5. The van der Waals surface area contributed by atoms with Crippen LogP contribution in [0, 0.1) is 34.5 Å². The number of carbonyl (C=O) groups excluding carboxylic acids is 3.